The molecule has 0 bridgehead atoms. The van der Waals surface area contributed by atoms with Crippen LogP contribution in [0, 0.1) is 0 Å². The van der Waals surface area contributed by atoms with Gasteiger partial charge in [-0.15, -0.1) is 0 Å². The smallest absolute Gasteiger partial charge is 0.405 e. The third-order valence-electron chi connectivity index (χ3n) is 2.71. The number of aromatic nitrogens is 1. The van der Waals surface area contributed by atoms with Crippen LogP contribution >= 0.6 is 11.6 Å². The summed E-state index contributed by atoms with van der Waals surface area (Å²) in [5.41, 5.74) is -0.250. The molecule has 0 aliphatic heterocycles. The quantitative estimate of drug-likeness (QED) is 0.927. The van der Waals surface area contributed by atoms with Crippen LogP contribution < -0.4 is 4.90 Å². The summed E-state index contributed by atoms with van der Waals surface area (Å²) in [6.07, 6.45) is -2.01. The summed E-state index contributed by atoms with van der Waals surface area (Å²) < 4.78 is 37.6. The number of pyridine rings is 1. The molecule has 0 atom stereocenters. The molecule has 1 aromatic rings. The van der Waals surface area contributed by atoms with Gasteiger partial charge in [-0.25, -0.2) is 9.78 Å². The zero-order valence-corrected chi connectivity index (χ0v) is 10.4. The predicted octanol–water partition coefficient (Wildman–Crippen LogP) is 2.96. The lowest BCUT2D eigenvalue weighted by molar-refractivity contribution is -0.120. The highest BCUT2D eigenvalue weighted by Gasteiger charge is 2.40. The topological polar surface area (TPSA) is 53.4 Å². The average Bonchev–Trinajstić information content (AvgIpc) is 3.08. The van der Waals surface area contributed by atoms with E-state index >= 15 is 0 Å². The molecule has 2 rings (SSSR count). The number of carboxylic acids is 1. The van der Waals surface area contributed by atoms with E-state index in [9.17, 15) is 18.0 Å². The highest BCUT2D eigenvalue weighted by molar-refractivity contribution is 6.35. The van der Waals surface area contributed by atoms with Crippen molar-refractivity contribution in [2.24, 2.45) is 0 Å². The van der Waals surface area contributed by atoms with Crippen molar-refractivity contribution in [3.63, 3.8) is 0 Å². The molecular formula is C11H10ClF3N2O2. The molecule has 1 fully saturated rings. The first kappa shape index (κ1) is 13.9. The Kier molecular flexibility index (Phi) is 3.58. The van der Waals surface area contributed by atoms with E-state index in [4.69, 9.17) is 16.7 Å². The van der Waals surface area contributed by atoms with Gasteiger partial charge < -0.3 is 10.0 Å². The third-order valence-corrected chi connectivity index (χ3v) is 3.08. The Morgan fingerprint density at radius 2 is 2.16 bits per heavy atom. The Bertz CT molecular complexity index is 503. The zero-order valence-electron chi connectivity index (χ0n) is 9.62. The van der Waals surface area contributed by atoms with Crippen LogP contribution in [0.5, 0.6) is 0 Å². The van der Waals surface area contributed by atoms with E-state index in [1.54, 1.807) is 0 Å². The minimum absolute atomic E-state index is 0.124. The summed E-state index contributed by atoms with van der Waals surface area (Å²) in [6, 6.07) is 0.878. The van der Waals surface area contributed by atoms with E-state index in [-0.39, 0.29) is 22.4 Å². The van der Waals surface area contributed by atoms with Crippen LogP contribution in [-0.4, -0.2) is 34.8 Å². The number of rotatable bonds is 4. The SMILES string of the molecule is O=C(O)c1ccnc(N(CC(F)(F)F)C2CC2)c1Cl. The number of halogens is 4. The van der Waals surface area contributed by atoms with Gasteiger partial charge in [0.2, 0.25) is 0 Å². The summed E-state index contributed by atoms with van der Waals surface area (Å²) in [4.78, 5) is 15.7. The molecule has 1 saturated carbocycles. The molecule has 0 saturated heterocycles. The fourth-order valence-electron chi connectivity index (χ4n) is 1.75. The van der Waals surface area contributed by atoms with Crippen LogP contribution in [0.2, 0.25) is 5.02 Å². The van der Waals surface area contributed by atoms with Crippen molar-refractivity contribution in [3.05, 3.63) is 22.8 Å². The van der Waals surface area contributed by atoms with E-state index in [2.05, 4.69) is 4.98 Å². The molecule has 0 radical (unpaired) electrons. The van der Waals surface area contributed by atoms with Crippen LogP contribution in [0.3, 0.4) is 0 Å². The second-order valence-electron chi connectivity index (χ2n) is 4.28. The fourth-order valence-corrected chi connectivity index (χ4v) is 2.06. The summed E-state index contributed by atoms with van der Waals surface area (Å²) in [6.45, 7) is -1.19. The molecule has 1 aliphatic carbocycles. The maximum Gasteiger partial charge on any atom is 0.405 e. The minimum atomic E-state index is -4.40. The van der Waals surface area contributed by atoms with Crippen LogP contribution in [0.25, 0.3) is 0 Å². The van der Waals surface area contributed by atoms with Gasteiger partial charge in [0.15, 0.2) is 0 Å². The van der Waals surface area contributed by atoms with Gasteiger partial charge >= 0.3 is 12.1 Å². The van der Waals surface area contributed by atoms with E-state index in [1.807, 2.05) is 0 Å². The number of hydrogen-bond donors (Lipinski definition) is 1. The Balaban J connectivity index is 2.37. The van der Waals surface area contributed by atoms with Crippen molar-refractivity contribution < 1.29 is 23.1 Å². The highest BCUT2D eigenvalue weighted by Crippen LogP contribution is 2.37. The first-order valence-electron chi connectivity index (χ1n) is 5.51. The normalized spacial score (nSPS) is 15.4. The zero-order chi connectivity index (χ0) is 14.2. The molecule has 0 unspecified atom stereocenters. The van der Waals surface area contributed by atoms with Gasteiger partial charge in [-0.2, -0.15) is 13.2 Å². The molecular weight excluding hydrogens is 285 g/mol. The van der Waals surface area contributed by atoms with Gasteiger partial charge in [0.25, 0.3) is 0 Å². The molecule has 1 aromatic heterocycles. The maximum atomic E-state index is 12.5. The number of carbonyl (C=O) groups is 1. The molecule has 8 heteroatoms. The first-order chi connectivity index (χ1) is 8.79. The van der Waals surface area contributed by atoms with E-state index in [0.29, 0.717) is 12.8 Å². The van der Waals surface area contributed by atoms with Crippen LogP contribution in [0.15, 0.2) is 12.3 Å². The minimum Gasteiger partial charge on any atom is -0.478 e. The summed E-state index contributed by atoms with van der Waals surface area (Å²) in [5.74, 6) is -1.42. The summed E-state index contributed by atoms with van der Waals surface area (Å²) in [7, 11) is 0. The summed E-state index contributed by atoms with van der Waals surface area (Å²) >= 11 is 5.85. The number of hydrogen-bond acceptors (Lipinski definition) is 3. The standard InChI is InChI=1S/C11H10ClF3N2O2/c12-8-7(10(18)19)3-4-16-9(8)17(6-1-2-6)5-11(13,14)15/h3-4,6H,1-2,5H2,(H,18,19). The van der Waals surface area contributed by atoms with Crippen molar-refractivity contribution in [3.8, 4) is 0 Å². The average molecular weight is 295 g/mol. The lowest BCUT2D eigenvalue weighted by Gasteiger charge is -2.25. The summed E-state index contributed by atoms with van der Waals surface area (Å²) in [5, 5.41) is 8.65. The van der Waals surface area contributed by atoms with E-state index < -0.39 is 18.7 Å². The lowest BCUT2D eigenvalue weighted by Crippen LogP contribution is -2.36. The third kappa shape index (κ3) is 3.28. The molecule has 0 aromatic carbocycles. The number of anilines is 1. The Morgan fingerprint density at radius 3 is 2.63 bits per heavy atom. The fraction of sp³-hybridized carbons (Fsp3) is 0.455. The molecule has 1 aliphatic rings. The van der Waals surface area contributed by atoms with Gasteiger partial charge in [-0.05, 0) is 18.9 Å². The molecule has 19 heavy (non-hydrogen) atoms. The number of aromatic carboxylic acids is 1. The van der Waals surface area contributed by atoms with Crippen molar-refractivity contribution in [2.75, 3.05) is 11.4 Å². The Labute approximate surface area is 111 Å². The van der Waals surface area contributed by atoms with E-state index in [1.165, 1.54) is 0 Å². The molecule has 0 spiro atoms. The second kappa shape index (κ2) is 4.88. The lowest BCUT2D eigenvalue weighted by atomic mass is 10.2. The Hall–Kier alpha value is -1.50. The van der Waals surface area contributed by atoms with Crippen molar-refractivity contribution in [1.82, 2.24) is 4.98 Å². The molecule has 104 valence electrons. The largest absolute Gasteiger partial charge is 0.478 e. The second-order valence-corrected chi connectivity index (χ2v) is 4.65. The van der Waals surface area contributed by atoms with Gasteiger partial charge in [-0.1, -0.05) is 11.6 Å². The van der Waals surface area contributed by atoms with Gasteiger partial charge in [0.1, 0.15) is 12.4 Å². The Morgan fingerprint density at radius 1 is 1.53 bits per heavy atom. The van der Waals surface area contributed by atoms with E-state index in [0.717, 1.165) is 17.2 Å². The number of nitrogens with zero attached hydrogens (tertiary/aromatic N) is 2. The van der Waals surface area contributed by atoms with Crippen LogP contribution in [0.4, 0.5) is 19.0 Å². The van der Waals surface area contributed by atoms with Crippen LogP contribution in [-0.2, 0) is 0 Å². The van der Waals surface area contributed by atoms with Crippen LogP contribution in [0.1, 0.15) is 23.2 Å². The van der Waals surface area contributed by atoms with Crippen molar-refractivity contribution in [2.45, 2.75) is 25.1 Å². The highest BCUT2D eigenvalue weighted by atomic mass is 35.5. The number of alkyl halides is 3. The molecule has 1 N–H and O–H groups in total. The molecule has 1 heterocycles. The van der Waals surface area contributed by atoms with Gasteiger partial charge in [0.05, 0.1) is 10.6 Å². The monoisotopic (exact) mass is 294 g/mol. The van der Waals surface area contributed by atoms with Crippen molar-refractivity contribution >= 4 is 23.4 Å². The number of carboxylic acid groups (broad SMARTS) is 1. The maximum absolute atomic E-state index is 12.5. The van der Waals surface area contributed by atoms with Crippen molar-refractivity contribution in [1.29, 1.82) is 0 Å². The molecule has 4 nitrogen and oxygen atoms in total. The van der Waals surface area contributed by atoms with Gasteiger partial charge in [-0.3, -0.25) is 0 Å². The van der Waals surface area contributed by atoms with Gasteiger partial charge in [0, 0.05) is 12.2 Å². The molecule has 0 amide bonds. The first-order valence-corrected chi connectivity index (χ1v) is 5.88. The predicted molar refractivity (Wildman–Crippen MR) is 62.6 cm³/mol.